The van der Waals surface area contributed by atoms with E-state index in [4.69, 9.17) is 0 Å². The fraction of sp³-hybridized carbons (Fsp3) is 0.556. The van der Waals surface area contributed by atoms with Crippen LogP contribution in [0.2, 0.25) is 0 Å². The number of carbonyl (C=O) groups is 1. The standard InChI is InChI=1S/C9H16N4O/c1-7(2)11-9(14)10-6-8-4-5-13(3)12-8/h4-5,7H,6H2,1-3H3,(H2,10,11,14). The molecule has 1 aromatic rings. The van der Waals surface area contributed by atoms with Crippen molar-refractivity contribution in [2.24, 2.45) is 7.05 Å². The number of nitrogens with one attached hydrogen (secondary N) is 2. The molecule has 0 saturated carbocycles. The van der Waals surface area contributed by atoms with Crippen molar-refractivity contribution in [3.05, 3.63) is 18.0 Å². The molecule has 2 amide bonds. The summed E-state index contributed by atoms with van der Waals surface area (Å²) in [5, 5.41) is 9.59. The average molecular weight is 196 g/mol. The van der Waals surface area contributed by atoms with E-state index >= 15 is 0 Å². The van der Waals surface area contributed by atoms with Crippen molar-refractivity contribution in [1.29, 1.82) is 0 Å². The first-order chi connectivity index (χ1) is 6.58. The number of aryl methyl sites for hydroxylation is 1. The summed E-state index contributed by atoms with van der Waals surface area (Å²) in [5.41, 5.74) is 0.853. The molecule has 0 aliphatic carbocycles. The highest BCUT2D eigenvalue weighted by Crippen LogP contribution is 1.92. The van der Waals surface area contributed by atoms with Gasteiger partial charge in [-0.05, 0) is 19.9 Å². The van der Waals surface area contributed by atoms with E-state index in [1.807, 2.05) is 33.2 Å². The summed E-state index contributed by atoms with van der Waals surface area (Å²) in [7, 11) is 1.84. The molecule has 0 saturated heterocycles. The smallest absolute Gasteiger partial charge is 0.315 e. The normalized spacial score (nSPS) is 10.3. The summed E-state index contributed by atoms with van der Waals surface area (Å²) in [6.07, 6.45) is 1.84. The van der Waals surface area contributed by atoms with Gasteiger partial charge in [0.25, 0.3) is 0 Å². The molecule has 0 fully saturated rings. The van der Waals surface area contributed by atoms with Crippen molar-refractivity contribution in [2.45, 2.75) is 26.4 Å². The third kappa shape index (κ3) is 3.47. The highest BCUT2D eigenvalue weighted by Gasteiger charge is 2.02. The molecular weight excluding hydrogens is 180 g/mol. The van der Waals surface area contributed by atoms with Gasteiger partial charge in [-0.25, -0.2) is 4.79 Å². The summed E-state index contributed by atoms with van der Waals surface area (Å²) in [4.78, 5) is 11.2. The molecule has 5 heteroatoms. The van der Waals surface area contributed by atoms with Gasteiger partial charge in [0.15, 0.2) is 0 Å². The van der Waals surface area contributed by atoms with Crippen molar-refractivity contribution in [1.82, 2.24) is 20.4 Å². The van der Waals surface area contributed by atoms with Gasteiger partial charge in [-0.3, -0.25) is 4.68 Å². The Morgan fingerprint density at radius 1 is 1.64 bits per heavy atom. The SMILES string of the molecule is CC(C)NC(=O)NCc1ccn(C)n1. The average Bonchev–Trinajstić information content (AvgIpc) is 2.47. The third-order valence-corrected chi connectivity index (χ3v) is 1.62. The van der Waals surface area contributed by atoms with Crippen LogP contribution in [0.25, 0.3) is 0 Å². The molecule has 0 unspecified atom stereocenters. The van der Waals surface area contributed by atoms with Gasteiger partial charge >= 0.3 is 6.03 Å². The van der Waals surface area contributed by atoms with E-state index in [9.17, 15) is 4.79 Å². The van der Waals surface area contributed by atoms with Crippen LogP contribution in [0, 0.1) is 0 Å². The Bertz CT molecular complexity index is 306. The Hall–Kier alpha value is -1.52. The van der Waals surface area contributed by atoms with Gasteiger partial charge in [0, 0.05) is 19.3 Å². The van der Waals surface area contributed by atoms with E-state index in [1.165, 1.54) is 0 Å². The van der Waals surface area contributed by atoms with Crippen molar-refractivity contribution >= 4 is 6.03 Å². The van der Waals surface area contributed by atoms with Crippen LogP contribution in [0.15, 0.2) is 12.3 Å². The molecule has 78 valence electrons. The van der Waals surface area contributed by atoms with Gasteiger partial charge in [-0.2, -0.15) is 5.10 Å². The van der Waals surface area contributed by atoms with Crippen LogP contribution in [0.5, 0.6) is 0 Å². The predicted molar refractivity (Wildman–Crippen MR) is 53.7 cm³/mol. The van der Waals surface area contributed by atoms with Crippen LogP contribution in [0.3, 0.4) is 0 Å². The zero-order valence-electron chi connectivity index (χ0n) is 8.74. The summed E-state index contributed by atoms with van der Waals surface area (Å²) in [6.45, 7) is 4.29. The number of rotatable bonds is 3. The second-order valence-corrected chi connectivity index (χ2v) is 3.46. The Labute approximate surface area is 83.5 Å². The molecule has 0 atom stereocenters. The number of urea groups is 1. The number of hydrogen-bond acceptors (Lipinski definition) is 2. The zero-order chi connectivity index (χ0) is 10.6. The second kappa shape index (κ2) is 4.64. The topological polar surface area (TPSA) is 59.0 Å². The fourth-order valence-electron chi connectivity index (χ4n) is 1.04. The summed E-state index contributed by atoms with van der Waals surface area (Å²) < 4.78 is 1.71. The van der Waals surface area contributed by atoms with E-state index in [0.29, 0.717) is 6.54 Å². The fourth-order valence-corrected chi connectivity index (χ4v) is 1.04. The molecule has 2 N–H and O–H groups in total. The Morgan fingerprint density at radius 2 is 2.36 bits per heavy atom. The minimum atomic E-state index is -0.161. The minimum absolute atomic E-state index is 0.152. The molecule has 0 aliphatic heterocycles. The van der Waals surface area contributed by atoms with Crippen molar-refractivity contribution in [2.75, 3.05) is 0 Å². The quantitative estimate of drug-likeness (QED) is 0.744. The van der Waals surface area contributed by atoms with Gasteiger partial charge in [0.1, 0.15) is 0 Å². The third-order valence-electron chi connectivity index (χ3n) is 1.62. The number of carbonyl (C=O) groups excluding carboxylic acids is 1. The van der Waals surface area contributed by atoms with Gasteiger partial charge in [0.05, 0.1) is 12.2 Å². The lowest BCUT2D eigenvalue weighted by atomic mass is 10.4. The maximum atomic E-state index is 11.2. The van der Waals surface area contributed by atoms with Gasteiger partial charge in [0.2, 0.25) is 0 Å². The zero-order valence-corrected chi connectivity index (χ0v) is 8.74. The van der Waals surface area contributed by atoms with Crippen molar-refractivity contribution < 1.29 is 4.79 Å². The first-order valence-electron chi connectivity index (χ1n) is 4.61. The van der Waals surface area contributed by atoms with E-state index < -0.39 is 0 Å². The van der Waals surface area contributed by atoms with E-state index in [1.54, 1.807) is 4.68 Å². The molecule has 0 aromatic carbocycles. The monoisotopic (exact) mass is 196 g/mol. The van der Waals surface area contributed by atoms with Crippen LogP contribution in [-0.2, 0) is 13.6 Å². The highest BCUT2D eigenvalue weighted by atomic mass is 16.2. The van der Waals surface area contributed by atoms with Crippen molar-refractivity contribution in [3.8, 4) is 0 Å². The Balaban J connectivity index is 2.30. The Kier molecular flexibility index (Phi) is 3.50. The highest BCUT2D eigenvalue weighted by molar-refractivity contribution is 5.73. The number of aromatic nitrogens is 2. The largest absolute Gasteiger partial charge is 0.336 e. The van der Waals surface area contributed by atoms with Crippen LogP contribution in [0.4, 0.5) is 4.79 Å². The van der Waals surface area contributed by atoms with E-state index in [2.05, 4.69) is 15.7 Å². The van der Waals surface area contributed by atoms with Crippen molar-refractivity contribution in [3.63, 3.8) is 0 Å². The lowest BCUT2D eigenvalue weighted by Gasteiger charge is -2.08. The lowest BCUT2D eigenvalue weighted by molar-refractivity contribution is 0.238. The summed E-state index contributed by atoms with van der Waals surface area (Å²) >= 11 is 0. The van der Waals surface area contributed by atoms with Gasteiger partial charge < -0.3 is 10.6 Å². The van der Waals surface area contributed by atoms with E-state index in [0.717, 1.165) is 5.69 Å². The first-order valence-corrected chi connectivity index (χ1v) is 4.61. The number of amides is 2. The number of hydrogen-bond donors (Lipinski definition) is 2. The molecule has 1 heterocycles. The molecule has 0 aliphatic rings. The van der Waals surface area contributed by atoms with E-state index in [-0.39, 0.29) is 12.1 Å². The lowest BCUT2D eigenvalue weighted by Crippen LogP contribution is -2.39. The van der Waals surface area contributed by atoms with Gasteiger partial charge in [-0.15, -0.1) is 0 Å². The minimum Gasteiger partial charge on any atom is -0.336 e. The van der Waals surface area contributed by atoms with Crippen LogP contribution < -0.4 is 10.6 Å². The first kappa shape index (κ1) is 10.6. The molecule has 0 bridgehead atoms. The van der Waals surface area contributed by atoms with Gasteiger partial charge in [-0.1, -0.05) is 0 Å². The molecule has 0 radical (unpaired) electrons. The molecule has 0 spiro atoms. The maximum Gasteiger partial charge on any atom is 0.315 e. The molecular formula is C9H16N4O. The summed E-state index contributed by atoms with van der Waals surface area (Å²) in [5.74, 6) is 0. The van der Waals surface area contributed by atoms with Crippen LogP contribution >= 0.6 is 0 Å². The molecule has 1 rings (SSSR count). The van der Waals surface area contributed by atoms with Crippen LogP contribution in [-0.4, -0.2) is 21.9 Å². The number of nitrogens with zero attached hydrogens (tertiary/aromatic N) is 2. The van der Waals surface area contributed by atoms with Crippen LogP contribution in [0.1, 0.15) is 19.5 Å². The Morgan fingerprint density at radius 3 is 2.86 bits per heavy atom. The maximum absolute atomic E-state index is 11.2. The molecule has 5 nitrogen and oxygen atoms in total. The summed E-state index contributed by atoms with van der Waals surface area (Å²) in [6, 6.07) is 1.86. The second-order valence-electron chi connectivity index (χ2n) is 3.46. The molecule has 14 heavy (non-hydrogen) atoms. The predicted octanol–water partition coefficient (Wildman–Crippen LogP) is 0.628. The molecule has 1 aromatic heterocycles.